The molecule has 0 saturated carbocycles. The van der Waals surface area contributed by atoms with E-state index < -0.39 is 0 Å². The Morgan fingerprint density at radius 3 is 3.15 bits per heavy atom. The molecular formula is C14H13N3OS2. The van der Waals surface area contributed by atoms with Crippen molar-refractivity contribution in [1.29, 1.82) is 0 Å². The van der Waals surface area contributed by atoms with E-state index in [2.05, 4.69) is 10.3 Å². The lowest BCUT2D eigenvalue weighted by Crippen LogP contribution is -2.24. The Bertz CT molecular complexity index is 706. The summed E-state index contributed by atoms with van der Waals surface area (Å²) in [6.07, 6.45) is 3.76. The molecule has 102 valence electrons. The van der Waals surface area contributed by atoms with Crippen LogP contribution in [0.15, 0.2) is 53.3 Å². The van der Waals surface area contributed by atoms with Crippen molar-refractivity contribution in [1.82, 2.24) is 14.7 Å². The first-order chi connectivity index (χ1) is 9.83. The number of thioether (sulfide) groups is 1. The number of amides is 1. The minimum absolute atomic E-state index is 0.0241. The third kappa shape index (κ3) is 3.02. The number of pyridine rings is 1. The van der Waals surface area contributed by atoms with Crippen LogP contribution in [0.5, 0.6) is 0 Å². The fourth-order valence-corrected chi connectivity index (χ4v) is 3.25. The maximum Gasteiger partial charge on any atom is 0.230 e. The normalized spacial score (nSPS) is 10.8. The minimum atomic E-state index is 0.0241. The second-order valence-corrected chi connectivity index (χ2v) is 6.16. The molecule has 0 aliphatic carbocycles. The van der Waals surface area contributed by atoms with Crippen LogP contribution in [-0.2, 0) is 11.3 Å². The second kappa shape index (κ2) is 6.11. The van der Waals surface area contributed by atoms with Crippen molar-refractivity contribution in [2.24, 2.45) is 0 Å². The molecule has 6 heteroatoms. The number of fused-ring (bicyclic) bond motifs is 1. The SMILES string of the molecule is O=C(CSc1ncc2ccccn12)NCc1cccs1. The van der Waals surface area contributed by atoms with Crippen LogP contribution in [0.1, 0.15) is 4.88 Å². The number of nitrogens with zero attached hydrogens (tertiary/aromatic N) is 2. The fraction of sp³-hybridized carbons (Fsp3) is 0.143. The number of imidazole rings is 1. The van der Waals surface area contributed by atoms with Gasteiger partial charge in [0.1, 0.15) is 0 Å². The van der Waals surface area contributed by atoms with Crippen LogP contribution in [0, 0.1) is 0 Å². The summed E-state index contributed by atoms with van der Waals surface area (Å²) in [6, 6.07) is 9.92. The van der Waals surface area contributed by atoms with Crippen molar-refractivity contribution in [2.45, 2.75) is 11.7 Å². The van der Waals surface area contributed by atoms with Gasteiger partial charge >= 0.3 is 0 Å². The number of hydrogen-bond donors (Lipinski definition) is 1. The van der Waals surface area contributed by atoms with E-state index in [0.717, 1.165) is 15.6 Å². The maximum atomic E-state index is 11.8. The lowest BCUT2D eigenvalue weighted by atomic mass is 10.4. The second-order valence-electron chi connectivity index (χ2n) is 4.18. The van der Waals surface area contributed by atoms with E-state index in [1.807, 2.05) is 52.5 Å². The van der Waals surface area contributed by atoms with Gasteiger partial charge in [-0.1, -0.05) is 23.9 Å². The van der Waals surface area contributed by atoms with Crippen LogP contribution in [0.2, 0.25) is 0 Å². The summed E-state index contributed by atoms with van der Waals surface area (Å²) >= 11 is 3.09. The summed E-state index contributed by atoms with van der Waals surface area (Å²) in [7, 11) is 0. The molecule has 0 radical (unpaired) electrons. The molecule has 3 aromatic heterocycles. The van der Waals surface area contributed by atoms with E-state index in [1.54, 1.807) is 11.3 Å². The lowest BCUT2D eigenvalue weighted by molar-refractivity contribution is -0.118. The Morgan fingerprint density at radius 1 is 1.35 bits per heavy atom. The number of carbonyl (C=O) groups is 1. The highest BCUT2D eigenvalue weighted by Gasteiger charge is 2.07. The predicted octanol–water partition coefficient (Wildman–Crippen LogP) is 2.80. The van der Waals surface area contributed by atoms with Crippen LogP contribution in [0.25, 0.3) is 5.52 Å². The molecule has 0 atom stereocenters. The first-order valence-electron chi connectivity index (χ1n) is 6.17. The lowest BCUT2D eigenvalue weighted by Gasteiger charge is -2.03. The zero-order valence-electron chi connectivity index (χ0n) is 10.7. The monoisotopic (exact) mass is 303 g/mol. The highest BCUT2D eigenvalue weighted by atomic mass is 32.2. The molecule has 3 heterocycles. The van der Waals surface area contributed by atoms with Crippen LogP contribution in [0.4, 0.5) is 0 Å². The molecule has 0 aliphatic rings. The Labute approximate surface area is 124 Å². The van der Waals surface area contributed by atoms with Gasteiger partial charge in [-0.25, -0.2) is 4.98 Å². The van der Waals surface area contributed by atoms with Gasteiger partial charge in [0, 0.05) is 11.1 Å². The van der Waals surface area contributed by atoms with Gasteiger partial charge in [0.05, 0.1) is 24.0 Å². The van der Waals surface area contributed by atoms with Gasteiger partial charge in [-0.15, -0.1) is 11.3 Å². The molecule has 0 aromatic carbocycles. The number of carbonyl (C=O) groups excluding carboxylic acids is 1. The summed E-state index contributed by atoms with van der Waals surface area (Å²) in [6.45, 7) is 0.597. The van der Waals surface area contributed by atoms with Crippen molar-refractivity contribution >= 4 is 34.5 Å². The van der Waals surface area contributed by atoms with E-state index in [4.69, 9.17) is 0 Å². The largest absolute Gasteiger partial charge is 0.350 e. The fourth-order valence-electron chi connectivity index (χ4n) is 1.81. The zero-order chi connectivity index (χ0) is 13.8. The molecule has 1 N–H and O–H groups in total. The molecule has 4 nitrogen and oxygen atoms in total. The van der Waals surface area contributed by atoms with Crippen LogP contribution < -0.4 is 5.32 Å². The zero-order valence-corrected chi connectivity index (χ0v) is 12.3. The molecule has 0 spiro atoms. The topological polar surface area (TPSA) is 46.4 Å². The summed E-state index contributed by atoms with van der Waals surface area (Å²) in [5, 5.41) is 5.76. The Hall–Kier alpha value is -1.79. The average molecular weight is 303 g/mol. The Morgan fingerprint density at radius 2 is 2.30 bits per heavy atom. The molecule has 1 amide bonds. The van der Waals surface area contributed by atoms with Gasteiger partial charge in [0.15, 0.2) is 5.16 Å². The molecular weight excluding hydrogens is 290 g/mol. The highest BCUT2D eigenvalue weighted by Crippen LogP contribution is 2.18. The smallest absolute Gasteiger partial charge is 0.230 e. The van der Waals surface area contributed by atoms with E-state index >= 15 is 0 Å². The first kappa shape index (κ1) is 13.2. The first-order valence-corrected chi connectivity index (χ1v) is 8.03. The molecule has 3 aromatic rings. The Kier molecular flexibility index (Phi) is 4.03. The minimum Gasteiger partial charge on any atom is -0.350 e. The van der Waals surface area contributed by atoms with Crippen molar-refractivity contribution in [3.8, 4) is 0 Å². The van der Waals surface area contributed by atoms with Crippen molar-refractivity contribution < 1.29 is 4.79 Å². The number of aromatic nitrogens is 2. The molecule has 0 saturated heterocycles. The van der Waals surface area contributed by atoms with Gasteiger partial charge < -0.3 is 5.32 Å². The molecule has 0 unspecified atom stereocenters. The molecule has 0 bridgehead atoms. The summed E-state index contributed by atoms with van der Waals surface area (Å²) < 4.78 is 1.98. The van der Waals surface area contributed by atoms with E-state index in [0.29, 0.717) is 12.3 Å². The molecule has 0 aliphatic heterocycles. The summed E-state index contributed by atoms with van der Waals surface area (Å²) in [4.78, 5) is 17.3. The molecule has 3 rings (SSSR count). The van der Waals surface area contributed by atoms with Gasteiger partial charge in [0.2, 0.25) is 5.91 Å². The van der Waals surface area contributed by atoms with Crippen LogP contribution >= 0.6 is 23.1 Å². The van der Waals surface area contributed by atoms with Crippen LogP contribution in [-0.4, -0.2) is 21.0 Å². The number of hydrogen-bond acceptors (Lipinski definition) is 4. The number of thiophene rings is 1. The van der Waals surface area contributed by atoms with E-state index in [9.17, 15) is 4.79 Å². The maximum absolute atomic E-state index is 11.8. The summed E-state index contributed by atoms with van der Waals surface area (Å²) in [5.41, 5.74) is 1.04. The van der Waals surface area contributed by atoms with Crippen molar-refractivity contribution in [3.63, 3.8) is 0 Å². The summed E-state index contributed by atoms with van der Waals surface area (Å²) in [5.74, 6) is 0.399. The average Bonchev–Trinajstić information content (AvgIpc) is 3.12. The van der Waals surface area contributed by atoms with E-state index in [-0.39, 0.29) is 5.91 Å². The van der Waals surface area contributed by atoms with E-state index in [1.165, 1.54) is 11.8 Å². The van der Waals surface area contributed by atoms with Gasteiger partial charge in [0.25, 0.3) is 0 Å². The predicted molar refractivity (Wildman–Crippen MR) is 82.1 cm³/mol. The molecule has 0 fully saturated rings. The molecule has 20 heavy (non-hydrogen) atoms. The van der Waals surface area contributed by atoms with Gasteiger partial charge in [-0.3, -0.25) is 9.20 Å². The Balaban J connectivity index is 1.55. The quantitative estimate of drug-likeness (QED) is 0.737. The van der Waals surface area contributed by atoms with Crippen molar-refractivity contribution in [3.05, 3.63) is 53.0 Å². The van der Waals surface area contributed by atoms with Gasteiger partial charge in [-0.05, 0) is 23.6 Å². The third-order valence-corrected chi connectivity index (χ3v) is 4.62. The van der Waals surface area contributed by atoms with Crippen LogP contribution in [0.3, 0.4) is 0 Å². The van der Waals surface area contributed by atoms with Crippen molar-refractivity contribution in [2.75, 3.05) is 5.75 Å². The number of nitrogens with one attached hydrogen (secondary N) is 1. The standard InChI is InChI=1S/C14H13N3OS2/c18-13(15-9-12-5-3-7-19-12)10-20-14-16-8-11-4-1-2-6-17(11)14/h1-8H,9-10H2,(H,15,18). The number of rotatable bonds is 5. The third-order valence-electron chi connectivity index (χ3n) is 2.78. The highest BCUT2D eigenvalue weighted by molar-refractivity contribution is 7.99. The van der Waals surface area contributed by atoms with Gasteiger partial charge in [-0.2, -0.15) is 0 Å².